The molecule has 0 aromatic rings. The molecule has 1 aliphatic heterocycles. The van der Waals surface area contributed by atoms with Crippen molar-refractivity contribution < 1.29 is 4.79 Å². The Morgan fingerprint density at radius 3 is 3.27 bits per heavy atom. The minimum atomic E-state index is 0.00162. The summed E-state index contributed by atoms with van der Waals surface area (Å²) in [6, 6.07) is 0.00162. The summed E-state index contributed by atoms with van der Waals surface area (Å²) in [7, 11) is 0. The molecule has 2 N–H and O–H groups in total. The molecule has 1 aliphatic rings. The van der Waals surface area contributed by atoms with Gasteiger partial charge in [-0.2, -0.15) is 0 Å². The molecule has 62 valence electrons. The van der Waals surface area contributed by atoms with Crippen molar-refractivity contribution in [2.24, 2.45) is 0 Å². The van der Waals surface area contributed by atoms with Crippen molar-refractivity contribution in [2.75, 3.05) is 13.1 Å². The quantitative estimate of drug-likeness (QED) is 0.563. The fourth-order valence-electron chi connectivity index (χ4n) is 1.19. The molecule has 1 rings (SSSR count). The Labute approximate surface area is 66.9 Å². The van der Waals surface area contributed by atoms with E-state index in [0.29, 0.717) is 6.54 Å². The zero-order valence-electron chi connectivity index (χ0n) is 6.60. The number of carbonyl (C=O) groups is 1. The SMILES string of the molecule is C=CCNC1CCCNC1=O. The number of amides is 1. The second kappa shape index (κ2) is 4.13. The van der Waals surface area contributed by atoms with Crippen molar-refractivity contribution in [3.05, 3.63) is 12.7 Å². The van der Waals surface area contributed by atoms with Gasteiger partial charge in [0.25, 0.3) is 0 Å². The average Bonchev–Trinajstić information content (AvgIpc) is 2.03. The summed E-state index contributed by atoms with van der Waals surface area (Å²) in [6.45, 7) is 5.11. The van der Waals surface area contributed by atoms with E-state index < -0.39 is 0 Å². The highest BCUT2D eigenvalue weighted by Crippen LogP contribution is 2.01. The zero-order valence-corrected chi connectivity index (χ0v) is 6.60. The van der Waals surface area contributed by atoms with E-state index >= 15 is 0 Å². The van der Waals surface area contributed by atoms with Gasteiger partial charge in [0.15, 0.2) is 0 Å². The molecule has 1 amide bonds. The molecular weight excluding hydrogens is 140 g/mol. The van der Waals surface area contributed by atoms with E-state index in [2.05, 4.69) is 17.2 Å². The number of rotatable bonds is 3. The Hall–Kier alpha value is -0.830. The lowest BCUT2D eigenvalue weighted by molar-refractivity contribution is -0.124. The Bertz CT molecular complexity index is 156. The third kappa shape index (κ3) is 2.35. The Morgan fingerprint density at radius 2 is 2.64 bits per heavy atom. The first-order valence-electron chi connectivity index (χ1n) is 3.96. The summed E-state index contributed by atoms with van der Waals surface area (Å²) >= 11 is 0. The standard InChI is InChI=1S/C8H14N2O/c1-2-5-9-7-4-3-6-10-8(7)11/h2,7,9H,1,3-6H2,(H,10,11). The summed E-state index contributed by atoms with van der Waals surface area (Å²) < 4.78 is 0. The lowest BCUT2D eigenvalue weighted by Gasteiger charge is -2.21. The van der Waals surface area contributed by atoms with Gasteiger partial charge in [0, 0.05) is 13.1 Å². The van der Waals surface area contributed by atoms with Gasteiger partial charge in [0.1, 0.15) is 0 Å². The molecule has 1 atom stereocenters. The van der Waals surface area contributed by atoms with Gasteiger partial charge >= 0.3 is 0 Å². The summed E-state index contributed by atoms with van der Waals surface area (Å²) in [5, 5.41) is 5.90. The molecule has 3 heteroatoms. The third-order valence-electron chi connectivity index (χ3n) is 1.79. The van der Waals surface area contributed by atoms with Gasteiger partial charge in [0.2, 0.25) is 5.91 Å². The Morgan fingerprint density at radius 1 is 1.82 bits per heavy atom. The van der Waals surface area contributed by atoms with Crippen LogP contribution in [-0.4, -0.2) is 25.0 Å². The molecule has 11 heavy (non-hydrogen) atoms. The van der Waals surface area contributed by atoms with E-state index in [1.54, 1.807) is 6.08 Å². The normalized spacial score (nSPS) is 24.4. The van der Waals surface area contributed by atoms with Gasteiger partial charge in [0.05, 0.1) is 6.04 Å². The monoisotopic (exact) mass is 154 g/mol. The van der Waals surface area contributed by atoms with Crippen LogP contribution in [0.5, 0.6) is 0 Å². The van der Waals surface area contributed by atoms with E-state index in [0.717, 1.165) is 19.4 Å². The first-order valence-corrected chi connectivity index (χ1v) is 3.96. The van der Waals surface area contributed by atoms with Crippen molar-refractivity contribution >= 4 is 5.91 Å². The highest BCUT2D eigenvalue weighted by Gasteiger charge is 2.19. The summed E-state index contributed by atoms with van der Waals surface area (Å²) in [6.07, 6.45) is 3.78. The Kier molecular flexibility index (Phi) is 3.11. The van der Waals surface area contributed by atoms with Crippen molar-refractivity contribution in [1.29, 1.82) is 0 Å². The number of hydrogen-bond donors (Lipinski definition) is 2. The smallest absolute Gasteiger partial charge is 0.237 e. The average molecular weight is 154 g/mol. The molecule has 1 fully saturated rings. The van der Waals surface area contributed by atoms with Gasteiger partial charge in [-0.25, -0.2) is 0 Å². The van der Waals surface area contributed by atoms with Crippen LogP contribution in [-0.2, 0) is 4.79 Å². The second-order valence-electron chi connectivity index (χ2n) is 2.68. The number of piperidine rings is 1. The minimum Gasteiger partial charge on any atom is -0.355 e. The Balaban J connectivity index is 2.29. The molecule has 0 bridgehead atoms. The molecule has 3 nitrogen and oxygen atoms in total. The molecule has 0 radical (unpaired) electrons. The predicted molar refractivity (Wildman–Crippen MR) is 44.2 cm³/mol. The summed E-state index contributed by atoms with van der Waals surface area (Å²) in [4.78, 5) is 11.1. The van der Waals surface area contributed by atoms with E-state index in [1.807, 2.05) is 0 Å². The first kappa shape index (κ1) is 8.27. The van der Waals surface area contributed by atoms with Crippen LogP contribution in [0, 0.1) is 0 Å². The van der Waals surface area contributed by atoms with Crippen molar-refractivity contribution in [1.82, 2.24) is 10.6 Å². The predicted octanol–water partition coefficient (Wildman–Crippen LogP) is 0.0406. The van der Waals surface area contributed by atoms with Crippen LogP contribution < -0.4 is 10.6 Å². The topological polar surface area (TPSA) is 41.1 Å². The van der Waals surface area contributed by atoms with Crippen molar-refractivity contribution in [3.63, 3.8) is 0 Å². The maximum absolute atomic E-state index is 11.1. The summed E-state index contributed by atoms with van der Waals surface area (Å²) in [5.74, 6) is 0.123. The minimum absolute atomic E-state index is 0.00162. The van der Waals surface area contributed by atoms with Crippen LogP contribution in [0.3, 0.4) is 0 Å². The maximum Gasteiger partial charge on any atom is 0.237 e. The van der Waals surface area contributed by atoms with Crippen molar-refractivity contribution in [3.8, 4) is 0 Å². The molecule has 1 saturated heterocycles. The maximum atomic E-state index is 11.1. The van der Waals surface area contributed by atoms with E-state index in [9.17, 15) is 4.79 Å². The summed E-state index contributed by atoms with van der Waals surface area (Å²) in [5.41, 5.74) is 0. The molecule has 0 saturated carbocycles. The number of carbonyl (C=O) groups excluding carboxylic acids is 1. The molecule has 1 heterocycles. The highest BCUT2D eigenvalue weighted by atomic mass is 16.2. The number of hydrogen-bond acceptors (Lipinski definition) is 2. The van der Waals surface area contributed by atoms with E-state index in [4.69, 9.17) is 0 Å². The first-order chi connectivity index (χ1) is 5.34. The van der Waals surface area contributed by atoms with E-state index in [1.165, 1.54) is 0 Å². The zero-order chi connectivity index (χ0) is 8.10. The van der Waals surface area contributed by atoms with Crippen LogP contribution in [0.2, 0.25) is 0 Å². The van der Waals surface area contributed by atoms with Gasteiger partial charge in [-0.1, -0.05) is 6.08 Å². The van der Waals surface area contributed by atoms with Gasteiger partial charge in [-0.15, -0.1) is 6.58 Å². The molecule has 0 aromatic heterocycles. The highest BCUT2D eigenvalue weighted by molar-refractivity contribution is 5.82. The van der Waals surface area contributed by atoms with Crippen molar-refractivity contribution in [2.45, 2.75) is 18.9 Å². The van der Waals surface area contributed by atoms with Crippen LogP contribution in [0.15, 0.2) is 12.7 Å². The lowest BCUT2D eigenvalue weighted by Crippen LogP contribution is -2.48. The van der Waals surface area contributed by atoms with Crippen LogP contribution in [0.4, 0.5) is 0 Å². The molecule has 0 aliphatic carbocycles. The molecule has 0 spiro atoms. The number of nitrogens with one attached hydrogen (secondary N) is 2. The molecule has 0 aromatic carbocycles. The fourth-order valence-corrected chi connectivity index (χ4v) is 1.19. The third-order valence-corrected chi connectivity index (χ3v) is 1.79. The van der Waals surface area contributed by atoms with Gasteiger partial charge in [-0.3, -0.25) is 4.79 Å². The van der Waals surface area contributed by atoms with Crippen LogP contribution in [0.25, 0.3) is 0 Å². The largest absolute Gasteiger partial charge is 0.355 e. The van der Waals surface area contributed by atoms with Gasteiger partial charge < -0.3 is 10.6 Å². The van der Waals surface area contributed by atoms with Crippen LogP contribution in [0.1, 0.15) is 12.8 Å². The lowest BCUT2D eigenvalue weighted by atomic mass is 10.1. The van der Waals surface area contributed by atoms with E-state index in [-0.39, 0.29) is 11.9 Å². The molecular formula is C8H14N2O. The second-order valence-corrected chi connectivity index (χ2v) is 2.68. The van der Waals surface area contributed by atoms with Crippen LogP contribution >= 0.6 is 0 Å². The fraction of sp³-hybridized carbons (Fsp3) is 0.625. The van der Waals surface area contributed by atoms with Gasteiger partial charge in [-0.05, 0) is 12.8 Å². The molecule has 1 unspecified atom stereocenters.